The lowest BCUT2D eigenvalue weighted by Gasteiger charge is -2.38. The van der Waals surface area contributed by atoms with Crippen LogP contribution in [0.15, 0.2) is 0 Å². The molecule has 4 heteroatoms. The predicted octanol–water partition coefficient (Wildman–Crippen LogP) is 0.779. The van der Waals surface area contributed by atoms with Crippen LogP contribution in [0.3, 0.4) is 0 Å². The number of carboxylic acids is 1. The first kappa shape index (κ1) is 12.5. The summed E-state index contributed by atoms with van der Waals surface area (Å²) in [5.74, 6) is -0.991. The number of likely N-dealkylation sites (tertiary alicyclic amines) is 1. The molecule has 0 saturated carbocycles. The first-order valence-corrected chi connectivity index (χ1v) is 5.70. The molecular weight excluding hydrogens is 192 g/mol. The number of carboxylic acid groups (broad SMARTS) is 1. The van der Waals surface area contributed by atoms with Crippen LogP contribution in [0.4, 0.5) is 0 Å². The van der Waals surface area contributed by atoms with Crippen molar-refractivity contribution in [1.29, 1.82) is 0 Å². The van der Waals surface area contributed by atoms with Crippen LogP contribution in [0, 0.1) is 5.92 Å². The van der Waals surface area contributed by atoms with Crippen LogP contribution in [-0.2, 0) is 4.79 Å². The van der Waals surface area contributed by atoms with Crippen LogP contribution in [0.25, 0.3) is 0 Å². The van der Waals surface area contributed by atoms with Crippen LogP contribution in [-0.4, -0.2) is 48.2 Å². The summed E-state index contributed by atoms with van der Waals surface area (Å²) in [6.45, 7) is 5.79. The van der Waals surface area contributed by atoms with Gasteiger partial charge in [-0.1, -0.05) is 6.92 Å². The SMILES string of the molecule is CNC1CCCN(C(C)C(C)C(=O)O)C1. The summed E-state index contributed by atoms with van der Waals surface area (Å²) in [5, 5.41) is 12.2. The molecule has 15 heavy (non-hydrogen) atoms. The van der Waals surface area contributed by atoms with Crippen LogP contribution in [0.1, 0.15) is 26.7 Å². The summed E-state index contributed by atoms with van der Waals surface area (Å²) in [5.41, 5.74) is 0. The Balaban J connectivity index is 2.51. The summed E-state index contributed by atoms with van der Waals surface area (Å²) in [6, 6.07) is 0.640. The minimum absolute atomic E-state index is 0.124. The van der Waals surface area contributed by atoms with Crippen LogP contribution < -0.4 is 5.32 Å². The highest BCUT2D eigenvalue weighted by Gasteiger charge is 2.28. The first-order chi connectivity index (χ1) is 7.06. The van der Waals surface area contributed by atoms with Gasteiger partial charge < -0.3 is 10.4 Å². The van der Waals surface area contributed by atoms with Crippen molar-refractivity contribution >= 4 is 5.97 Å². The predicted molar refractivity (Wildman–Crippen MR) is 59.9 cm³/mol. The second kappa shape index (κ2) is 5.47. The average Bonchev–Trinajstić information content (AvgIpc) is 2.27. The molecular formula is C11H22N2O2. The average molecular weight is 214 g/mol. The molecule has 0 aromatic heterocycles. The second-order valence-corrected chi connectivity index (χ2v) is 4.49. The molecule has 0 aromatic carbocycles. The number of piperidine rings is 1. The monoisotopic (exact) mass is 214 g/mol. The Hall–Kier alpha value is -0.610. The number of rotatable bonds is 4. The van der Waals surface area contributed by atoms with E-state index in [1.165, 1.54) is 6.42 Å². The molecule has 0 radical (unpaired) electrons. The Bertz CT molecular complexity index is 221. The molecule has 88 valence electrons. The molecule has 0 spiro atoms. The third-order valence-electron chi connectivity index (χ3n) is 3.55. The Morgan fingerprint density at radius 2 is 2.20 bits per heavy atom. The molecule has 0 amide bonds. The van der Waals surface area contributed by atoms with E-state index in [1.807, 2.05) is 14.0 Å². The molecule has 4 nitrogen and oxygen atoms in total. The molecule has 0 bridgehead atoms. The van der Waals surface area contributed by atoms with E-state index >= 15 is 0 Å². The van der Waals surface area contributed by atoms with E-state index in [1.54, 1.807) is 6.92 Å². The van der Waals surface area contributed by atoms with Gasteiger partial charge in [0.05, 0.1) is 5.92 Å². The summed E-state index contributed by atoms with van der Waals surface area (Å²) in [6.07, 6.45) is 2.35. The van der Waals surface area contributed by atoms with Gasteiger partial charge in [0, 0.05) is 18.6 Å². The highest BCUT2D eigenvalue weighted by Crippen LogP contribution is 2.17. The van der Waals surface area contributed by atoms with Gasteiger partial charge in [0.25, 0.3) is 0 Å². The van der Waals surface area contributed by atoms with E-state index in [9.17, 15) is 4.79 Å². The number of nitrogens with zero attached hydrogens (tertiary/aromatic N) is 1. The maximum atomic E-state index is 10.9. The number of hydrogen-bond acceptors (Lipinski definition) is 3. The van der Waals surface area contributed by atoms with Crippen LogP contribution >= 0.6 is 0 Å². The number of nitrogens with one attached hydrogen (secondary N) is 1. The minimum atomic E-state index is -0.700. The van der Waals surface area contributed by atoms with Gasteiger partial charge in [-0.05, 0) is 33.4 Å². The molecule has 1 fully saturated rings. The zero-order valence-corrected chi connectivity index (χ0v) is 9.86. The minimum Gasteiger partial charge on any atom is -0.481 e. The van der Waals surface area contributed by atoms with Crippen molar-refractivity contribution in [3.05, 3.63) is 0 Å². The van der Waals surface area contributed by atoms with Gasteiger partial charge in [-0.3, -0.25) is 9.69 Å². The van der Waals surface area contributed by atoms with E-state index in [0.717, 1.165) is 19.5 Å². The van der Waals surface area contributed by atoms with Gasteiger partial charge in [0.2, 0.25) is 0 Å². The van der Waals surface area contributed by atoms with Crippen molar-refractivity contribution in [3.63, 3.8) is 0 Å². The molecule has 0 aromatic rings. The van der Waals surface area contributed by atoms with Gasteiger partial charge in [-0.25, -0.2) is 0 Å². The summed E-state index contributed by atoms with van der Waals surface area (Å²) in [7, 11) is 1.97. The molecule has 1 aliphatic rings. The number of aliphatic carboxylic acids is 1. The maximum Gasteiger partial charge on any atom is 0.307 e. The lowest BCUT2D eigenvalue weighted by Crippen LogP contribution is -2.50. The molecule has 3 atom stereocenters. The van der Waals surface area contributed by atoms with Crippen molar-refractivity contribution in [3.8, 4) is 0 Å². The molecule has 3 unspecified atom stereocenters. The van der Waals surface area contributed by atoms with Crippen molar-refractivity contribution in [2.75, 3.05) is 20.1 Å². The van der Waals surface area contributed by atoms with Crippen LogP contribution in [0.2, 0.25) is 0 Å². The zero-order chi connectivity index (χ0) is 11.4. The smallest absolute Gasteiger partial charge is 0.307 e. The Morgan fingerprint density at radius 3 is 2.73 bits per heavy atom. The summed E-state index contributed by atoms with van der Waals surface area (Å²) >= 11 is 0. The van der Waals surface area contributed by atoms with Crippen molar-refractivity contribution in [1.82, 2.24) is 10.2 Å². The third-order valence-corrected chi connectivity index (χ3v) is 3.55. The Morgan fingerprint density at radius 1 is 1.53 bits per heavy atom. The van der Waals surface area contributed by atoms with Gasteiger partial charge in [0.1, 0.15) is 0 Å². The molecule has 1 aliphatic heterocycles. The lowest BCUT2D eigenvalue weighted by atomic mass is 9.97. The van der Waals surface area contributed by atoms with Gasteiger partial charge in [0.15, 0.2) is 0 Å². The topological polar surface area (TPSA) is 52.6 Å². The Labute approximate surface area is 91.6 Å². The molecule has 1 rings (SSSR count). The zero-order valence-electron chi connectivity index (χ0n) is 9.86. The second-order valence-electron chi connectivity index (χ2n) is 4.49. The van der Waals surface area contributed by atoms with E-state index in [2.05, 4.69) is 10.2 Å². The van der Waals surface area contributed by atoms with Crippen molar-refractivity contribution < 1.29 is 9.90 Å². The lowest BCUT2D eigenvalue weighted by molar-refractivity contribution is -0.143. The first-order valence-electron chi connectivity index (χ1n) is 5.70. The molecule has 0 aliphatic carbocycles. The van der Waals surface area contributed by atoms with Crippen LogP contribution in [0.5, 0.6) is 0 Å². The maximum absolute atomic E-state index is 10.9. The highest BCUT2D eigenvalue weighted by atomic mass is 16.4. The summed E-state index contributed by atoms with van der Waals surface area (Å²) < 4.78 is 0. The van der Waals surface area contributed by atoms with E-state index in [-0.39, 0.29) is 12.0 Å². The Kier molecular flexibility index (Phi) is 4.54. The van der Waals surface area contributed by atoms with Crippen molar-refractivity contribution in [2.24, 2.45) is 5.92 Å². The fourth-order valence-corrected chi connectivity index (χ4v) is 2.13. The fraction of sp³-hybridized carbons (Fsp3) is 0.909. The standard InChI is InChI=1S/C11H22N2O2/c1-8(11(14)15)9(2)13-6-4-5-10(7-13)12-3/h8-10,12H,4-7H2,1-3H3,(H,14,15). The van der Waals surface area contributed by atoms with E-state index < -0.39 is 5.97 Å². The number of hydrogen-bond donors (Lipinski definition) is 2. The molecule has 2 N–H and O–H groups in total. The fourth-order valence-electron chi connectivity index (χ4n) is 2.13. The third kappa shape index (κ3) is 3.18. The normalized spacial score (nSPS) is 27.3. The molecule has 1 heterocycles. The van der Waals surface area contributed by atoms with Crippen molar-refractivity contribution in [2.45, 2.75) is 38.8 Å². The van der Waals surface area contributed by atoms with Gasteiger partial charge in [-0.2, -0.15) is 0 Å². The van der Waals surface area contributed by atoms with Gasteiger partial charge in [-0.15, -0.1) is 0 Å². The highest BCUT2D eigenvalue weighted by molar-refractivity contribution is 5.70. The van der Waals surface area contributed by atoms with E-state index in [0.29, 0.717) is 6.04 Å². The quantitative estimate of drug-likeness (QED) is 0.726. The number of carbonyl (C=O) groups is 1. The largest absolute Gasteiger partial charge is 0.481 e. The summed E-state index contributed by atoms with van der Waals surface area (Å²) in [4.78, 5) is 13.2. The number of likely N-dealkylation sites (N-methyl/N-ethyl adjacent to an activating group) is 1. The van der Waals surface area contributed by atoms with E-state index in [4.69, 9.17) is 5.11 Å². The van der Waals surface area contributed by atoms with Gasteiger partial charge >= 0.3 is 5.97 Å². The molecule has 1 saturated heterocycles.